The minimum atomic E-state index is -4.40. The van der Waals surface area contributed by atoms with Crippen LogP contribution < -0.4 is 5.73 Å². The third-order valence-electron chi connectivity index (χ3n) is 3.23. The van der Waals surface area contributed by atoms with Crippen molar-refractivity contribution in [2.75, 3.05) is 0 Å². The first kappa shape index (κ1) is 16.0. The molecule has 0 fully saturated rings. The molecule has 0 saturated carbocycles. The number of alkyl halides is 3. The highest BCUT2D eigenvalue weighted by Crippen LogP contribution is 2.39. The quantitative estimate of drug-likeness (QED) is 0.858. The van der Waals surface area contributed by atoms with Gasteiger partial charge in [-0.2, -0.15) is 13.2 Å². The number of hydrogen-bond acceptors (Lipinski definition) is 3. The molecule has 0 bridgehead atoms. The Bertz CT molecular complexity index is 626. The second kappa shape index (κ2) is 5.42. The maximum Gasteiger partial charge on any atom is 0.417 e. The fourth-order valence-electron chi connectivity index (χ4n) is 1.88. The SMILES string of the molecule is CC(C)(C)C(N)c1nc(-c2ccccc2C(F)(F)F)cs1. The molecule has 2 rings (SSSR count). The summed E-state index contributed by atoms with van der Waals surface area (Å²) in [6.07, 6.45) is -4.40. The van der Waals surface area contributed by atoms with E-state index in [1.807, 2.05) is 20.8 Å². The molecule has 1 aromatic heterocycles. The first-order valence-electron chi connectivity index (χ1n) is 6.48. The van der Waals surface area contributed by atoms with Gasteiger partial charge in [-0.05, 0) is 11.5 Å². The Kier molecular flexibility index (Phi) is 4.13. The topological polar surface area (TPSA) is 38.9 Å². The van der Waals surface area contributed by atoms with Crippen molar-refractivity contribution < 1.29 is 13.2 Å². The van der Waals surface area contributed by atoms with Gasteiger partial charge in [-0.3, -0.25) is 0 Å². The molecule has 1 heterocycles. The van der Waals surface area contributed by atoms with Crippen molar-refractivity contribution in [1.29, 1.82) is 0 Å². The van der Waals surface area contributed by atoms with E-state index in [0.717, 1.165) is 6.07 Å². The van der Waals surface area contributed by atoms with Crippen LogP contribution >= 0.6 is 11.3 Å². The van der Waals surface area contributed by atoms with E-state index in [4.69, 9.17) is 5.73 Å². The smallest absolute Gasteiger partial charge is 0.322 e. The zero-order valence-corrected chi connectivity index (χ0v) is 12.8. The number of nitrogens with two attached hydrogens (primary N) is 1. The molecule has 0 spiro atoms. The van der Waals surface area contributed by atoms with Crippen molar-refractivity contribution in [1.82, 2.24) is 4.98 Å². The van der Waals surface area contributed by atoms with Crippen LogP contribution in [0.2, 0.25) is 0 Å². The van der Waals surface area contributed by atoms with Gasteiger partial charge in [0.25, 0.3) is 0 Å². The lowest BCUT2D eigenvalue weighted by Crippen LogP contribution is -2.26. The predicted octanol–water partition coefficient (Wildman–Crippen LogP) is 4.87. The first-order chi connectivity index (χ1) is 9.60. The average molecular weight is 314 g/mol. The number of nitrogens with zero attached hydrogens (tertiary/aromatic N) is 1. The molecule has 1 atom stereocenters. The maximum absolute atomic E-state index is 13.0. The summed E-state index contributed by atoms with van der Waals surface area (Å²) in [5.41, 5.74) is 5.66. The van der Waals surface area contributed by atoms with E-state index < -0.39 is 11.7 Å². The number of rotatable bonds is 2. The van der Waals surface area contributed by atoms with Crippen LogP contribution in [0.15, 0.2) is 29.6 Å². The van der Waals surface area contributed by atoms with Crippen LogP contribution in [0, 0.1) is 5.41 Å². The summed E-state index contributed by atoms with van der Waals surface area (Å²) in [7, 11) is 0. The highest BCUT2D eigenvalue weighted by Gasteiger charge is 2.34. The number of halogens is 3. The number of benzene rings is 1. The third-order valence-corrected chi connectivity index (χ3v) is 4.16. The van der Waals surface area contributed by atoms with E-state index in [1.54, 1.807) is 11.4 Å². The second-order valence-electron chi connectivity index (χ2n) is 5.96. The standard InChI is InChI=1S/C15H17F3N2S/c1-14(2,3)12(19)13-20-11(8-21-13)9-6-4-5-7-10(9)15(16,17)18/h4-8,12H,19H2,1-3H3. The normalized spacial score (nSPS) is 14.2. The number of thiazole rings is 1. The molecule has 1 unspecified atom stereocenters. The number of aromatic nitrogens is 1. The van der Waals surface area contributed by atoms with Gasteiger partial charge in [0.1, 0.15) is 5.01 Å². The molecule has 2 aromatic rings. The van der Waals surface area contributed by atoms with Crippen molar-refractivity contribution in [3.05, 3.63) is 40.2 Å². The van der Waals surface area contributed by atoms with Crippen molar-refractivity contribution in [2.24, 2.45) is 11.1 Å². The van der Waals surface area contributed by atoms with E-state index in [-0.39, 0.29) is 17.0 Å². The van der Waals surface area contributed by atoms with Crippen LogP contribution in [0.3, 0.4) is 0 Å². The molecule has 1 aromatic carbocycles. The molecular formula is C15H17F3N2S. The van der Waals surface area contributed by atoms with Crippen LogP contribution in [0.5, 0.6) is 0 Å². The van der Waals surface area contributed by atoms with Crippen LogP contribution in [0.4, 0.5) is 13.2 Å². The van der Waals surface area contributed by atoms with Crippen molar-refractivity contribution in [3.63, 3.8) is 0 Å². The van der Waals surface area contributed by atoms with Crippen LogP contribution in [0.25, 0.3) is 11.3 Å². The van der Waals surface area contributed by atoms with E-state index in [1.165, 1.54) is 23.5 Å². The second-order valence-corrected chi connectivity index (χ2v) is 6.85. The Morgan fingerprint density at radius 1 is 1.14 bits per heavy atom. The van der Waals surface area contributed by atoms with E-state index in [0.29, 0.717) is 10.7 Å². The minimum Gasteiger partial charge on any atom is -0.322 e. The molecule has 0 aliphatic heterocycles. The Morgan fingerprint density at radius 3 is 2.33 bits per heavy atom. The maximum atomic E-state index is 13.0. The lowest BCUT2D eigenvalue weighted by molar-refractivity contribution is -0.137. The Hall–Kier alpha value is -1.40. The fourth-order valence-corrected chi connectivity index (χ4v) is 2.94. The monoisotopic (exact) mass is 314 g/mol. The summed E-state index contributed by atoms with van der Waals surface area (Å²) < 4.78 is 39.1. The van der Waals surface area contributed by atoms with E-state index in [9.17, 15) is 13.2 Å². The van der Waals surface area contributed by atoms with Gasteiger partial charge in [0.2, 0.25) is 0 Å². The lowest BCUT2D eigenvalue weighted by atomic mass is 9.88. The molecule has 2 nitrogen and oxygen atoms in total. The molecule has 0 radical (unpaired) electrons. The van der Waals surface area contributed by atoms with Gasteiger partial charge in [-0.25, -0.2) is 4.98 Å². The summed E-state index contributed by atoms with van der Waals surface area (Å²) in [5, 5.41) is 2.28. The first-order valence-corrected chi connectivity index (χ1v) is 7.36. The third kappa shape index (κ3) is 3.44. The lowest BCUT2D eigenvalue weighted by Gasteiger charge is -2.24. The fraction of sp³-hybridized carbons (Fsp3) is 0.400. The van der Waals surface area contributed by atoms with Gasteiger partial charge in [0.15, 0.2) is 0 Å². The van der Waals surface area contributed by atoms with E-state index >= 15 is 0 Å². The van der Waals surface area contributed by atoms with Crippen LogP contribution in [-0.2, 0) is 6.18 Å². The predicted molar refractivity (Wildman–Crippen MR) is 78.9 cm³/mol. The van der Waals surface area contributed by atoms with Crippen molar-refractivity contribution in [3.8, 4) is 11.3 Å². The van der Waals surface area contributed by atoms with Gasteiger partial charge >= 0.3 is 6.18 Å². The van der Waals surface area contributed by atoms with E-state index in [2.05, 4.69) is 4.98 Å². The largest absolute Gasteiger partial charge is 0.417 e. The highest BCUT2D eigenvalue weighted by atomic mass is 32.1. The molecule has 0 saturated heterocycles. The van der Waals surface area contributed by atoms with Gasteiger partial charge < -0.3 is 5.73 Å². The molecular weight excluding hydrogens is 297 g/mol. The molecule has 6 heteroatoms. The molecule has 21 heavy (non-hydrogen) atoms. The summed E-state index contributed by atoms with van der Waals surface area (Å²) in [6.45, 7) is 5.92. The Labute approximate surface area is 125 Å². The molecule has 2 N–H and O–H groups in total. The summed E-state index contributed by atoms with van der Waals surface area (Å²) in [4.78, 5) is 4.31. The summed E-state index contributed by atoms with van der Waals surface area (Å²) >= 11 is 1.30. The summed E-state index contributed by atoms with van der Waals surface area (Å²) in [5.74, 6) is 0. The molecule has 0 aliphatic carbocycles. The molecule has 114 valence electrons. The summed E-state index contributed by atoms with van der Waals surface area (Å²) in [6, 6.07) is 5.14. The van der Waals surface area contributed by atoms with Crippen molar-refractivity contribution >= 4 is 11.3 Å². The number of hydrogen-bond donors (Lipinski definition) is 1. The zero-order chi connectivity index (χ0) is 15.8. The van der Waals surface area contributed by atoms with Gasteiger partial charge in [0.05, 0.1) is 17.3 Å². The van der Waals surface area contributed by atoms with Gasteiger partial charge in [-0.1, -0.05) is 39.0 Å². The van der Waals surface area contributed by atoms with Crippen molar-refractivity contribution in [2.45, 2.75) is 33.0 Å². The van der Waals surface area contributed by atoms with Crippen LogP contribution in [-0.4, -0.2) is 4.98 Å². The Balaban J connectivity index is 2.44. The Morgan fingerprint density at radius 2 is 1.76 bits per heavy atom. The minimum absolute atomic E-state index is 0.0913. The van der Waals surface area contributed by atoms with Crippen LogP contribution in [0.1, 0.15) is 37.4 Å². The highest BCUT2D eigenvalue weighted by molar-refractivity contribution is 7.10. The molecule has 0 aliphatic rings. The van der Waals surface area contributed by atoms with Gasteiger partial charge in [0, 0.05) is 10.9 Å². The average Bonchev–Trinajstić information content (AvgIpc) is 2.85. The van der Waals surface area contributed by atoms with Gasteiger partial charge in [-0.15, -0.1) is 11.3 Å². The molecule has 0 amide bonds. The zero-order valence-electron chi connectivity index (χ0n) is 12.0.